The number of nitrogens with zero attached hydrogens (tertiary/aromatic N) is 1. The second-order valence-corrected chi connectivity index (χ2v) is 11.2. The third kappa shape index (κ3) is 4.68. The number of imide groups is 1. The normalized spacial score (nSPS) is 20.6. The van der Waals surface area contributed by atoms with Gasteiger partial charge in [0.15, 0.2) is 6.61 Å². The third-order valence-corrected chi connectivity index (χ3v) is 8.82. The van der Waals surface area contributed by atoms with E-state index in [9.17, 15) is 24.0 Å². The average Bonchev–Trinajstić information content (AvgIpc) is 3.34. The van der Waals surface area contributed by atoms with E-state index in [2.05, 4.69) is 29.6 Å². The molecule has 0 radical (unpaired) electrons. The van der Waals surface area contributed by atoms with Crippen molar-refractivity contribution in [2.24, 2.45) is 11.8 Å². The molecule has 4 aromatic rings. The monoisotopic (exact) mass is 600 g/mol. The van der Waals surface area contributed by atoms with Crippen LogP contribution in [0.25, 0.3) is 0 Å². The van der Waals surface area contributed by atoms with Gasteiger partial charge >= 0.3 is 11.9 Å². The average molecular weight is 601 g/mol. The lowest BCUT2D eigenvalue weighted by Crippen LogP contribution is -2.41. The Morgan fingerprint density at radius 3 is 1.56 bits per heavy atom. The summed E-state index contributed by atoms with van der Waals surface area (Å²) in [5.74, 6) is -3.65. The Balaban J connectivity index is 1.03. The van der Waals surface area contributed by atoms with E-state index < -0.39 is 36.3 Å². The van der Waals surface area contributed by atoms with Gasteiger partial charge in [-0.15, -0.1) is 0 Å². The molecule has 1 saturated heterocycles. The molecule has 3 aliphatic carbocycles. The van der Waals surface area contributed by atoms with Gasteiger partial charge in [0, 0.05) is 17.5 Å². The lowest BCUT2D eigenvalue weighted by atomic mass is 9.55. The maximum Gasteiger partial charge on any atom is 0.338 e. The van der Waals surface area contributed by atoms with Gasteiger partial charge in [0.2, 0.25) is 11.8 Å². The Morgan fingerprint density at radius 2 is 1.09 bits per heavy atom. The first-order valence-corrected chi connectivity index (χ1v) is 14.8. The van der Waals surface area contributed by atoms with Crippen molar-refractivity contribution in [2.75, 3.05) is 23.4 Å². The number of esters is 2. The maximum atomic E-state index is 13.9. The van der Waals surface area contributed by atoms with Crippen molar-refractivity contribution < 1.29 is 33.4 Å². The fraction of sp³-hybridized carbons (Fsp3) is 0.194. The minimum absolute atomic E-state index is 0.168. The topological polar surface area (TPSA) is 119 Å². The van der Waals surface area contributed by atoms with Gasteiger partial charge in [-0.1, -0.05) is 48.5 Å². The van der Waals surface area contributed by atoms with E-state index in [1.54, 1.807) is 31.2 Å². The predicted octanol–water partition coefficient (Wildman–Crippen LogP) is 5.06. The zero-order valence-electron chi connectivity index (χ0n) is 24.3. The number of anilines is 2. The van der Waals surface area contributed by atoms with Crippen molar-refractivity contribution in [1.29, 1.82) is 0 Å². The number of carbonyl (C=O) groups is 5. The second-order valence-electron chi connectivity index (χ2n) is 11.2. The van der Waals surface area contributed by atoms with E-state index in [-0.39, 0.29) is 35.8 Å². The van der Waals surface area contributed by atoms with Gasteiger partial charge in [0.1, 0.15) is 0 Å². The van der Waals surface area contributed by atoms with Crippen molar-refractivity contribution in [3.63, 3.8) is 0 Å². The molecule has 4 aliphatic rings. The van der Waals surface area contributed by atoms with Crippen LogP contribution in [-0.2, 0) is 23.9 Å². The van der Waals surface area contributed by atoms with Crippen LogP contribution in [0.1, 0.15) is 61.7 Å². The van der Waals surface area contributed by atoms with Gasteiger partial charge in [0.25, 0.3) is 5.91 Å². The molecule has 9 nitrogen and oxygen atoms in total. The van der Waals surface area contributed by atoms with Gasteiger partial charge in [-0.2, -0.15) is 0 Å². The van der Waals surface area contributed by atoms with Crippen molar-refractivity contribution in [3.05, 3.63) is 130 Å². The molecule has 2 atom stereocenters. The molecule has 9 heteroatoms. The first-order chi connectivity index (χ1) is 21.9. The van der Waals surface area contributed by atoms with Crippen molar-refractivity contribution >= 4 is 41.0 Å². The van der Waals surface area contributed by atoms with E-state index in [1.165, 1.54) is 29.2 Å². The molecule has 3 amide bonds. The summed E-state index contributed by atoms with van der Waals surface area (Å²) in [7, 11) is 0. The molecule has 0 spiro atoms. The predicted molar refractivity (Wildman–Crippen MR) is 164 cm³/mol. The summed E-state index contributed by atoms with van der Waals surface area (Å²) in [4.78, 5) is 66.0. The fourth-order valence-electron chi connectivity index (χ4n) is 6.99. The number of ether oxygens (including phenoxy) is 2. The maximum absolute atomic E-state index is 13.9. The van der Waals surface area contributed by atoms with Gasteiger partial charge in [0.05, 0.1) is 35.3 Å². The quantitative estimate of drug-likeness (QED) is 0.233. The molecular formula is C36H28N2O7. The van der Waals surface area contributed by atoms with Crippen LogP contribution in [0.3, 0.4) is 0 Å². The van der Waals surface area contributed by atoms with Crippen LogP contribution in [0, 0.1) is 11.8 Å². The van der Waals surface area contributed by atoms with Gasteiger partial charge in [-0.05, 0) is 77.7 Å². The summed E-state index contributed by atoms with van der Waals surface area (Å²) < 4.78 is 10.1. The van der Waals surface area contributed by atoms with E-state index in [4.69, 9.17) is 9.47 Å². The summed E-state index contributed by atoms with van der Waals surface area (Å²) in [6.07, 6.45) is 0. The Labute approximate surface area is 258 Å². The minimum Gasteiger partial charge on any atom is -0.462 e. The molecule has 0 unspecified atom stereocenters. The number of amides is 3. The largest absolute Gasteiger partial charge is 0.462 e. The molecule has 0 aromatic heterocycles. The highest BCUT2D eigenvalue weighted by molar-refractivity contribution is 6.23. The first-order valence-electron chi connectivity index (χ1n) is 14.8. The van der Waals surface area contributed by atoms with Crippen LogP contribution in [0.2, 0.25) is 0 Å². The second kappa shape index (κ2) is 11.2. The summed E-state index contributed by atoms with van der Waals surface area (Å²) in [5, 5.41) is 2.60. The number of benzene rings is 4. The van der Waals surface area contributed by atoms with E-state index >= 15 is 0 Å². The summed E-state index contributed by atoms with van der Waals surface area (Å²) in [5.41, 5.74) is 5.72. The molecule has 2 bridgehead atoms. The lowest BCUT2D eigenvalue weighted by Gasteiger charge is -2.45. The Kier molecular flexibility index (Phi) is 7.00. The fourth-order valence-corrected chi connectivity index (χ4v) is 6.99. The van der Waals surface area contributed by atoms with Crippen LogP contribution < -0.4 is 10.2 Å². The molecule has 1 N–H and O–H groups in total. The summed E-state index contributed by atoms with van der Waals surface area (Å²) >= 11 is 0. The highest BCUT2D eigenvalue weighted by atomic mass is 16.5. The molecule has 8 rings (SSSR count). The SMILES string of the molecule is CCOC(=O)c1ccc(NC(=O)COC(=O)c2ccc(N3C(=O)[C@@H]4C5c6ccccc6C(c6ccccc65)[C@H]4C3=O)cc2)cc1. The summed E-state index contributed by atoms with van der Waals surface area (Å²) in [6, 6.07) is 28.3. The third-order valence-electron chi connectivity index (χ3n) is 8.82. The van der Waals surface area contributed by atoms with Crippen LogP contribution in [0.5, 0.6) is 0 Å². The zero-order valence-corrected chi connectivity index (χ0v) is 24.3. The highest BCUT2D eigenvalue weighted by Crippen LogP contribution is 2.61. The highest BCUT2D eigenvalue weighted by Gasteiger charge is 2.61. The van der Waals surface area contributed by atoms with E-state index in [1.807, 2.05) is 24.3 Å². The smallest absolute Gasteiger partial charge is 0.338 e. The number of nitrogens with one attached hydrogen (secondary N) is 1. The van der Waals surface area contributed by atoms with Gasteiger partial charge < -0.3 is 14.8 Å². The van der Waals surface area contributed by atoms with Gasteiger partial charge in [-0.3, -0.25) is 14.4 Å². The van der Waals surface area contributed by atoms with Crippen molar-refractivity contribution in [3.8, 4) is 0 Å². The number of hydrogen-bond acceptors (Lipinski definition) is 7. The molecule has 224 valence electrons. The molecule has 4 aromatic carbocycles. The van der Waals surface area contributed by atoms with E-state index in [0.29, 0.717) is 16.9 Å². The minimum atomic E-state index is -0.731. The first kappa shape index (κ1) is 28.2. The molecule has 0 saturated carbocycles. The van der Waals surface area contributed by atoms with Crippen molar-refractivity contribution in [2.45, 2.75) is 18.8 Å². The van der Waals surface area contributed by atoms with Crippen LogP contribution in [-0.4, -0.2) is 42.9 Å². The molecule has 45 heavy (non-hydrogen) atoms. The molecule has 1 heterocycles. The lowest BCUT2D eigenvalue weighted by molar-refractivity contribution is -0.122. The molecule has 1 aliphatic heterocycles. The number of carbonyl (C=O) groups excluding carboxylic acids is 5. The van der Waals surface area contributed by atoms with E-state index in [0.717, 1.165) is 22.3 Å². The summed E-state index contributed by atoms with van der Waals surface area (Å²) in [6.45, 7) is 1.44. The zero-order chi connectivity index (χ0) is 31.2. The Morgan fingerprint density at radius 1 is 0.644 bits per heavy atom. The Hall–Kier alpha value is -5.57. The number of rotatable bonds is 7. The van der Waals surface area contributed by atoms with Crippen LogP contribution in [0.4, 0.5) is 11.4 Å². The van der Waals surface area contributed by atoms with Crippen molar-refractivity contribution in [1.82, 2.24) is 0 Å². The molecular weight excluding hydrogens is 572 g/mol. The standard InChI is InChI=1S/C36H28N2O7/c1-2-44-35(42)20-11-15-22(16-12-20)37-28(39)19-45-36(43)21-13-17-23(18-14-21)38-33(40)31-29-24-7-3-4-8-25(24)30(32(31)34(38)41)27-10-6-5-9-26(27)29/h3-18,29-32H,2,19H2,1H3,(H,37,39)/t29?,30?,31-,32-/m1/s1. The molecule has 1 fully saturated rings. The van der Waals surface area contributed by atoms with Crippen LogP contribution in [0.15, 0.2) is 97.1 Å². The van der Waals surface area contributed by atoms with Crippen LogP contribution >= 0.6 is 0 Å². The Bertz CT molecular complexity index is 1750. The number of hydrogen-bond donors (Lipinski definition) is 1. The van der Waals surface area contributed by atoms with Gasteiger partial charge in [-0.25, -0.2) is 14.5 Å².